The summed E-state index contributed by atoms with van der Waals surface area (Å²) in [5.74, 6) is -0.00132. The van der Waals surface area contributed by atoms with Crippen LogP contribution >= 0.6 is 11.8 Å². The van der Waals surface area contributed by atoms with E-state index in [1.165, 1.54) is 18.0 Å². The number of carbonyl (C=O) groups is 1. The number of nitrogens with zero attached hydrogens (tertiary/aromatic N) is 3. The third-order valence-electron chi connectivity index (χ3n) is 3.59. The summed E-state index contributed by atoms with van der Waals surface area (Å²) in [7, 11) is 0. The zero-order valence-corrected chi connectivity index (χ0v) is 15.0. The van der Waals surface area contributed by atoms with Gasteiger partial charge in [0.1, 0.15) is 17.2 Å². The highest BCUT2D eigenvalue weighted by molar-refractivity contribution is 7.99. The first-order valence-electron chi connectivity index (χ1n) is 7.94. The van der Waals surface area contributed by atoms with Crippen LogP contribution in [-0.4, -0.2) is 32.5 Å². The Labute approximate surface area is 153 Å². The number of para-hydroxylation sites is 1. The van der Waals surface area contributed by atoms with E-state index in [0.29, 0.717) is 21.9 Å². The zero-order valence-electron chi connectivity index (χ0n) is 14.2. The van der Waals surface area contributed by atoms with Crippen LogP contribution in [0, 0.1) is 0 Å². The van der Waals surface area contributed by atoms with E-state index in [1.807, 2.05) is 13.0 Å². The van der Waals surface area contributed by atoms with E-state index < -0.39 is 5.97 Å². The van der Waals surface area contributed by atoms with Gasteiger partial charge in [0.15, 0.2) is 5.16 Å². The Kier molecular flexibility index (Phi) is 5.17. The van der Waals surface area contributed by atoms with Crippen molar-refractivity contribution in [1.29, 1.82) is 0 Å². The van der Waals surface area contributed by atoms with Crippen molar-refractivity contribution in [2.24, 2.45) is 0 Å². The maximum atomic E-state index is 12.2. The lowest BCUT2D eigenvalue weighted by Gasteiger charge is -2.11. The number of thioether (sulfide) groups is 1. The molecule has 3 N–H and O–H groups in total. The number of nitrogen functional groups attached to an aromatic ring is 1. The molecule has 0 saturated heterocycles. The number of aromatic nitrogens is 4. The first-order valence-corrected chi connectivity index (χ1v) is 8.82. The largest absolute Gasteiger partial charge is 0.462 e. The van der Waals surface area contributed by atoms with Crippen LogP contribution in [0.5, 0.6) is 0 Å². The summed E-state index contributed by atoms with van der Waals surface area (Å²) in [6, 6.07) is 7.13. The van der Waals surface area contributed by atoms with Crippen molar-refractivity contribution in [3.8, 4) is 0 Å². The molecule has 9 heteroatoms. The summed E-state index contributed by atoms with van der Waals surface area (Å²) in [5.41, 5.74) is 6.38. The first-order chi connectivity index (χ1) is 12.5. The Morgan fingerprint density at radius 1 is 1.35 bits per heavy atom. The maximum absolute atomic E-state index is 12.2. The van der Waals surface area contributed by atoms with E-state index >= 15 is 0 Å². The predicted molar refractivity (Wildman–Crippen MR) is 99.0 cm³/mol. The minimum absolute atomic E-state index is 0.0492. The monoisotopic (exact) mass is 371 g/mol. The Hall–Kier alpha value is -2.94. The minimum Gasteiger partial charge on any atom is -0.462 e. The molecule has 0 aliphatic rings. The normalized spacial score (nSPS) is 12.1. The quantitative estimate of drug-likeness (QED) is 0.398. The first kappa shape index (κ1) is 17.9. The van der Waals surface area contributed by atoms with Crippen LogP contribution in [0.3, 0.4) is 0 Å². The summed E-state index contributed by atoms with van der Waals surface area (Å²) in [6.45, 7) is 3.82. The number of benzene rings is 1. The van der Waals surface area contributed by atoms with Crippen molar-refractivity contribution in [3.05, 3.63) is 52.2 Å². The van der Waals surface area contributed by atoms with Gasteiger partial charge in [0, 0.05) is 6.20 Å². The number of nitrogens with two attached hydrogens (primary N) is 1. The molecule has 2 aromatic heterocycles. The molecule has 0 aliphatic heterocycles. The second-order valence-corrected chi connectivity index (χ2v) is 6.71. The van der Waals surface area contributed by atoms with Crippen LogP contribution in [0.1, 0.15) is 35.3 Å². The fraction of sp³-hybridized carbons (Fsp3) is 0.235. The molecule has 0 radical (unpaired) electrons. The lowest BCUT2D eigenvalue weighted by atomic mass is 10.2. The molecule has 0 fully saturated rings. The molecule has 0 bridgehead atoms. The fourth-order valence-electron chi connectivity index (χ4n) is 2.31. The van der Waals surface area contributed by atoms with Gasteiger partial charge in [-0.05, 0) is 26.0 Å². The SMILES string of the molecule is CCOC(=O)c1cnc(S[C@H](C)c2nc3ccccc3c(=O)[nH]2)nc1N. The highest BCUT2D eigenvalue weighted by atomic mass is 32.2. The lowest BCUT2D eigenvalue weighted by molar-refractivity contribution is 0.0526. The second kappa shape index (κ2) is 7.52. The summed E-state index contributed by atoms with van der Waals surface area (Å²) in [5, 5.41) is 0.687. The van der Waals surface area contributed by atoms with Crippen LogP contribution in [-0.2, 0) is 4.74 Å². The van der Waals surface area contributed by atoms with E-state index in [9.17, 15) is 9.59 Å². The van der Waals surface area contributed by atoms with Gasteiger partial charge in [0.05, 0.1) is 22.8 Å². The van der Waals surface area contributed by atoms with Gasteiger partial charge < -0.3 is 15.5 Å². The second-order valence-electron chi connectivity index (χ2n) is 5.40. The van der Waals surface area contributed by atoms with Crippen molar-refractivity contribution in [1.82, 2.24) is 19.9 Å². The molecule has 2 heterocycles. The molecule has 134 valence electrons. The standard InChI is InChI=1S/C17H17N5O3S/c1-3-25-16(24)11-8-19-17(21-13(11)18)26-9(2)14-20-12-7-5-4-6-10(12)15(23)22-14/h4-9H,3H2,1-2H3,(H2,18,19,21)(H,20,22,23)/t9-/m1/s1. The molecule has 3 rings (SSSR count). The topological polar surface area (TPSA) is 124 Å². The van der Waals surface area contributed by atoms with Gasteiger partial charge in [-0.25, -0.2) is 19.7 Å². The highest BCUT2D eigenvalue weighted by Crippen LogP contribution is 2.31. The highest BCUT2D eigenvalue weighted by Gasteiger charge is 2.17. The summed E-state index contributed by atoms with van der Waals surface area (Å²) >= 11 is 1.27. The van der Waals surface area contributed by atoms with E-state index in [1.54, 1.807) is 25.1 Å². The van der Waals surface area contributed by atoms with E-state index in [-0.39, 0.29) is 28.8 Å². The van der Waals surface area contributed by atoms with Crippen LogP contribution in [0.15, 0.2) is 40.4 Å². The number of H-pyrrole nitrogens is 1. The zero-order chi connectivity index (χ0) is 18.7. The van der Waals surface area contributed by atoms with Crippen molar-refractivity contribution in [3.63, 3.8) is 0 Å². The van der Waals surface area contributed by atoms with Crippen LogP contribution in [0.25, 0.3) is 10.9 Å². The number of carbonyl (C=O) groups excluding carboxylic acids is 1. The molecule has 3 aromatic rings. The molecule has 0 spiro atoms. The molecule has 1 atom stereocenters. The molecule has 0 amide bonds. The predicted octanol–water partition coefficient (Wildman–Crippen LogP) is 2.33. The van der Waals surface area contributed by atoms with E-state index in [0.717, 1.165) is 0 Å². The van der Waals surface area contributed by atoms with Gasteiger partial charge in [-0.15, -0.1) is 0 Å². The van der Waals surface area contributed by atoms with Gasteiger partial charge in [0.2, 0.25) is 0 Å². The average molecular weight is 371 g/mol. The van der Waals surface area contributed by atoms with Gasteiger partial charge in [-0.2, -0.15) is 0 Å². The summed E-state index contributed by atoms with van der Waals surface area (Å²) in [4.78, 5) is 39.5. The number of ether oxygens (including phenoxy) is 1. The molecule has 0 saturated carbocycles. The lowest BCUT2D eigenvalue weighted by Crippen LogP contribution is -2.13. The number of hydrogen-bond acceptors (Lipinski definition) is 8. The van der Waals surface area contributed by atoms with Crippen molar-refractivity contribution >= 4 is 34.5 Å². The molecule has 8 nitrogen and oxygen atoms in total. The Morgan fingerprint density at radius 3 is 2.85 bits per heavy atom. The third-order valence-corrected chi connectivity index (χ3v) is 4.57. The molecular formula is C17H17N5O3S. The Balaban J connectivity index is 1.84. The Bertz CT molecular complexity index is 1020. The number of nitrogens with one attached hydrogen (secondary N) is 1. The van der Waals surface area contributed by atoms with Crippen molar-refractivity contribution in [2.45, 2.75) is 24.3 Å². The van der Waals surface area contributed by atoms with Crippen molar-refractivity contribution in [2.75, 3.05) is 12.3 Å². The minimum atomic E-state index is -0.560. The van der Waals surface area contributed by atoms with Gasteiger partial charge >= 0.3 is 5.97 Å². The van der Waals surface area contributed by atoms with E-state index in [4.69, 9.17) is 10.5 Å². The molecular weight excluding hydrogens is 354 g/mol. The number of aromatic amines is 1. The number of anilines is 1. The van der Waals surface area contributed by atoms with Crippen LogP contribution < -0.4 is 11.3 Å². The Morgan fingerprint density at radius 2 is 2.12 bits per heavy atom. The molecule has 26 heavy (non-hydrogen) atoms. The fourth-order valence-corrected chi connectivity index (χ4v) is 3.12. The van der Waals surface area contributed by atoms with Crippen LogP contribution in [0.2, 0.25) is 0 Å². The molecule has 0 aliphatic carbocycles. The third kappa shape index (κ3) is 3.67. The smallest absolute Gasteiger partial charge is 0.343 e. The average Bonchev–Trinajstić information content (AvgIpc) is 2.62. The number of rotatable bonds is 5. The molecule has 0 unspecified atom stereocenters. The summed E-state index contributed by atoms with van der Waals surface area (Å²) in [6.07, 6.45) is 1.34. The van der Waals surface area contributed by atoms with Gasteiger partial charge in [-0.1, -0.05) is 23.9 Å². The summed E-state index contributed by atoms with van der Waals surface area (Å²) < 4.78 is 4.90. The number of hydrogen-bond donors (Lipinski definition) is 2. The maximum Gasteiger partial charge on any atom is 0.343 e. The van der Waals surface area contributed by atoms with E-state index in [2.05, 4.69) is 19.9 Å². The van der Waals surface area contributed by atoms with Gasteiger partial charge in [0.25, 0.3) is 5.56 Å². The number of esters is 1. The van der Waals surface area contributed by atoms with Crippen molar-refractivity contribution < 1.29 is 9.53 Å². The number of fused-ring (bicyclic) bond motifs is 1. The molecule has 1 aromatic carbocycles. The van der Waals surface area contributed by atoms with Gasteiger partial charge in [-0.3, -0.25) is 4.79 Å². The van der Waals surface area contributed by atoms with Crippen LogP contribution in [0.4, 0.5) is 5.82 Å².